The predicted octanol–water partition coefficient (Wildman–Crippen LogP) is 3.65. The van der Waals surface area contributed by atoms with Gasteiger partial charge in [-0.2, -0.15) is 0 Å². The van der Waals surface area contributed by atoms with E-state index in [9.17, 15) is 22.0 Å². The van der Waals surface area contributed by atoms with E-state index >= 15 is 0 Å². The quantitative estimate of drug-likeness (QED) is 0.642. The molecule has 0 saturated carbocycles. The van der Waals surface area contributed by atoms with E-state index in [0.29, 0.717) is 10.4 Å². The molecule has 0 atom stereocenters. The summed E-state index contributed by atoms with van der Waals surface area (Å²) in [6.07, 6.45) is 0. The van der Waals surface area contributed by atoms with Crippen LogP contribution in [0.3, 0.4) is 0 Å². The van der Waals surface area contributed by atoms with Crippen molar-refractivity contribution in [2.45, 2.75) is 4.90 Å². The number of ether oxygens (including phenoxy) is 2. The Kier molecular flexibility index (Phi) is 6.50. The van der Waals surface area contributed by atoms with Crippen molar-refractivity contribution in [2.75, 3.05) is 25.1 Å². The molecule has 146 valence electrons. The zero-order valence-corrected chi connectivity index (χ0v) is 16.3. The zero-order valence-electron chi connectivity index (χ0n) is 14.0. The Morgan fingerprint density at radius 1 is 1.07 bits per heavy atom. The topological polar surface area (TPSA) is 72.9 Å². The maximum Gasteiger partial charge on any atom is 0.326 e. The summed E-state index contributed by atoms with van der Waals surface area (Å²) in [5.74, 6) is -3.27. The number of carbonyl (C=O) groups is 1. The molecule has 0 aliphatic rings. The van der Waals surface area contributed by atoms with Gasteiger partial charge in [-0.05, 0) is 24.3 Å². The molecule has 0 saturated heterocycles. The van der Waals surface area contributed by atoms with Crippen LogP contribution in [-0.4, -0.2) is 35.2 Å². The second-order valence-corrected chi connectivity index (χ2v) is 7.67. The Hall–Kier alpha value is -2.10. The number of methoxy groups -OCH3 is 2. The fourth-order valence-corrected chi connectivity index (χ4v) is 4.35. The largest absolute Gasteiger partial charge is 0.495 e. The minimum atomic E-state index is -4.50. The Labute approximate surface area is 164 Å². The van der Waals surface area contributed by atoms with Gasteiger partial charge in [0.2, 0.25) is 0 Å². The van der Waals surface area contributed by atoms with Crippen LogP contribution in [0.5, 0.6) is 5.75 Å². The van der Waals surface area contributed by atoms with E-state index in [0.717, 1.165) is 25.3 Å². The first-order chi connectivity index (χ1) is 12.6. The van der Waals surface area contributed by atoms with Gasteiger partial charge in [0, 0.05) is 6.07 Å². The number of anilines is 1. The third-order valence-electron chi connectivity index (χ3n) is 3.49. The van der Waals surface area contributed by atoms with E-state index in [4.69, 9.17) is 27.9 Å². The van der Waals surface area contributed by atoms with E-state index in [2.05, 4.69) is 4.74 Å². The van der Waals surface area contributed by atoms with Gasteiger partial charge >= 0.3 is 5.97 Å². The average molecular weight is 440 g/mol. The van der Waals surface area contributed by atoms with Crippen LogP contribution in [0.2, 0.25) is 10.0 Å². The normalized spacial score (nSPS) is 11.2. The number of sulfonamides is 1. The van der Waals surface area contributed by atoms with E-state index in [-0.39, 0.29) is 21.5 Å². The molecule has 0 amide bonds. The minimum Gasteiger partial charge on any atom is -0.495 e. The summed E-state index contributed by atoms with van der Waals surface area (Å²) >= 11 is 12.0. The Morgan fingerprint density at radius 2 is 1.74 bits per heavy atom. The average Bonchev–Trinajstić information content (AvgIpc) is 2.63. The molecule has 6 nitrogen and oxygen atoms in total. The fraction of sp³-hybridized carbons (Fsp3) is 0.188. The van der Waals surface area contributed by atoms with Crippen molar-refractivity contribution >= 4 is 44.9 Å². The zero-order chi connectivity index (χ0) is 20.4. The van der Waals surface area contributed by atoms with Crippen molar-refractivity contribution in [3.8, 4) is 5.75 Å². The van der Waals surface area contributed by atoms with Gasteiger partial charge in [0.05, 0.1) is 24.9 Å². The standard InChI is InChI=1S/C16H13Cl2F2NO5S/c1-25-12-5-6-13(16(18)15(12)17)27(23,24)21(8-14(22)26-2)9-3-4-10(19)11(20)7-9/h3-7H,8H2,1-2H3. The Bertz CT molecular complexity index is 985. The number of benzene rings is 2. The van der Waals surface area contributed by atoms with Gasteiger partial charge in [-0.3, -0.25) is 9.10 Å². The molecule has 27 heavy (non-hydrogen) atoms. The highest BCUT2D eigenvalue weighted by atomic mass is 35.5. The van der Waals surface area contributed by atoms with Crippen molar-refractivity contribution in [3.63, 3.8) is 0 Å². The monoisotopic (exact) mass is 439 g/mol. The highest BCUT2D eigenvalue weighted by Gasteiger charge is 2.31. The first kappa shape index (κ1) is 21.2. The van der Waals surface area contributed by atoms with Gasteiger partial charge in [0.25, 0.3) is 10.0 Å². The lowest BCUT2D eigenvalue weighted by atomic mass is 10.3. The molecular weight excluding hydrogens is 427 g/mol. The number of carbonyl (C=O) groups excluding carboxylic acids is 1. The van der Waals surface area contributed by atoms with Crippen LogP contribution in [0, 0.1) is 11.6 Å². The van der Waals surface area contributed by atoms with E-state index in [1.165, 1.54) is 13.2 Å². The molecule has 2 aromatic rings. The van der Waals surface area contributed by atoms with Crippen LogP contribution in [0.1, 0.15) is 0 Å². The highest BCUT2D eigenvalue weighted by Crippen LogP contribution is 2.38. The predicted molar refractivity (Wildman–Crippen MR) is 95.9 cm³/mol. The van der Waals surface area contributed by atoms with Gasteiger partial charge in [-0.15, -0.1) is 0 Å². The van der Waals surface area contributed by atoms with Gasteiger partial charge < -0.3 is 9.47 Å². The molecule has 0 fully saturated rings. The van der Waals surface area contributed by atoms with Crippen LogP contribution in [0.25, 0.3) is 0 Å². The van der Waals surface area contributed by atoms with Crippen molar-refractivity contribution < 1.29 is 31.5 Å². The number of hydrogen-bond donors (Lipinski definition) is 0. The minimum absolute atomic E-state index is 0.132. The SMILES string of the molecule is COC(=O)CN(c1ccc(F)c(F)c1)S(=O)(=O)c1ccc(OC)c(Cl)c1Cl. The molecule has 0 aromatic heterocycles. The first-order valence-corrected chi connectivity index (χ1v) is 9.39. The fourth-order valence-electron chi connectivity index (χ4n) is 2.13. The Morgan fingerprint density at radius 3 is 2.30 bits per heavy atom. The number of halogens is 4. The number of nitrogens with zero attached hydrogens (tertiary/aromatic N) is 1. The molecule has 0 aliphatic heterocycles. The lowest BCUT2D eigenvalue weighted by Crippen LogP contribution is -2.36. The summed E-state index contributed by atoms with van der Waals surface area (Å²) in [6.45, 7) is -0.802. The second-order valence-electron chi connectivity index (χ2n) is 5.08. The molecule has 2 rings (SSSR count). The molecule has 0 heterocycles. The molecule has 0 unspecified atom stereocenters. The van der Waals surface area contributed by atoms with Gasteiger partial charge in [-0.25, -0.2) is 17.2 Å². The maximum absolute atomic E-state index is 13.6. The van der Waals surface area contributed by atoms with Crippen molar-refractivity contribution in [1.29, 1.82) is 0 Å². The van der Waals surface area contributed by atoms with Gasteiger partial charge in [0.1, 0.15) is 22.2 Å². The number of hydrogen-bond acceptors (Lipinski definition) is 5. The molecule has 2 aromatic carbocycles. The molecule has 0 radical (unpaired) electrons. The maximum atomic E-state index is 13.6. The molecule has 0 bridgehead atoms. The van der Waals surface area contributed by atoms with E-state index < -0.39 is 39.1 Å². The Balaban J connectivity index is 2.65. The first-order valence-electron chi connectivity index (χ1n) is 7.20. The molecular formula is C16H13Cl2F2NO5S. The third-order valence-corrected chi connectivity index (χ3v) is 6.28. The van der Waals surface area contributed by atoms with Crippen LogP contribution in [0.4, 0.5) is 14.5 Å². The van der Waals surface area contributed by atoms with Crippen molar-refractivity contribution in [1.82, 2.24) is 0 Å². The molecule has 0 spiro atoms. The van der Waals surface area contributed by atoms with Crippen molar-refractivity contribution in [3.05, 3.63) is 52.0 Å². The molecule has 0 N–H and O–H groups in total. The summed E-state index contributed by atoms with van der Waals surface area (Å²) in [4.78, 5) is 11.2. The summed E-state index contributed by atoms with van der Waals surface area (Å²) in [6, 6.07) is 4.75. The highest BCUT2D eigenvalue weighted by molar-refractivity contribution is 7.93. The van der Waals surface area contributed by atoms with Crippen LogP contribution in [-0.2, 0) is 19.6 Å². The summed E-state index contributed by atoms with van der Waals surface area (Å²) in [7, 11) is -2.13. The van der Waals surface area contributed by atoms with E-state index in [1.807, 2.05) is 0 Å². The summed E-state index contributed by atoms with van der Waals surface area (Å²) < 4.78 is 63.0. The lowest BCUT2D eigenvalue weighted by Gasteiger charge is -2.24. The van der Waals surface area contributed by atoms with E-state index in [1.54, 1.807) is 0 Å². The summed E-state index contributed by atoms with van der Waals surface area (Å²) in [5.41, 5.74) is -0.303. The number of rotatable bonds is 6. The second kappa shape index (κ2) is 8.28. The smallest absolute Gasteiger partial charge is 0.326 e. The lowest BCUT2D eigenvalue weighted by molar-refractivity contribution is -0.138. The van der Waals surface area contributed by atoms with Crippen molar-refractivity contribution in [2.24, 2.45) is 0 Å². The third kappa shape index (κ3) is 4.26. The van der Waals surface area contributed by atoms with Crippen LogP contribution in [0.15, 0.2) is 35.2 Å². The van der Waals surface area contributed by atoms with Crippen LogP contribution < -0.4 is 9.04 Å². The summed E-state index contributed by atoms with van der Waals surface area (Å²) in [5, 5.41) is -0.517. The number of esters is 1. The van der Waals surface area contributed by atoms with Gasteiger partial charge in [-0.1, -0.05) is 23.2 Å². The van der Waals surface area contributed by atoms with Crippen LogP contribution >= 0.6 is 23.2 Å². The molecule has 11 heteroatoms. The van der Waals surface area contributed by atoms with Gasteiger partial charge in [0.15, 0.2) is 11.6 Å². The molecule has 0 aliphatic carbocycles.